The van der Waals surface area contributed by atoms with Crippen LogP contribution in [0, 0.1) is 6.92 Å². The molecule has 130 valence electrons. The maximum absolute atomic E-state index is 12.9. The van der Waals surface area contributed by atoms with Gasteiger partial charge in [-0.25, -0.2) is 4.98 Å². The molecule has 5 heteroatoms. The van der Waals surface area contributed by atoms with Crippen molar-refractivity contribution < 1.29 is 4.79 Å². The van der Waals surface area contributed by atoms with E-state index in [1.165, 1.54) is 5.52 Å². The maximum Gasteiger partial charge on any atom is 0.255 e. The number of carbonyl (C=O) groups excluding carboxylic acids is 1. The Morgan fingerprint density at radius 3 is 2.92 bits per heavy atom. The first-order valence-electron chi connectivity index (χ1n) is 9.07. The van der Waals surface area contributed by atoms with Crippen LogP contribution in [0.25, 0.3) is 11.0 Å². The number of amides is 1. The number of fused-ring (bicyclic) bond motifs is 1. The molecule has 1 fully saturated rings. The molecule has 3 heterocycles. The zero-order valence-corrected chi connectivity index (χ0v) is 14.8. The van der Waals surface area contributed by atoms with Crippen LogP contribution in [0.15, 0.2) is 36.7 Å². The fourth-order valence-corrected chi connectivity index (χ4v) is 3.94. The highest BCUT2D eigenvalue weighted by Gasteiger charge is 2.28. The summed E-state index contributed by atoms with van der Waals surface area (Å²) in [6.45, 7) is 5.70. The van der Waals surface area contributed by atoms with Crippen molar-refractivity contribution >= 4 is 16.9 Å². The Kier molecular flexibility index (Phi) is 4.07. The lowest BCUT2D eigenvalue weighted by molar-refractivity contribution is 0.0679. The molecule has 1 amide bonds. The van der Waals surface area contributed by atoms with Gasteiger partial charge in [-0.1, -0.05) is 19.1 Å². The number of nitrogens with zero attached hydrogens (tertiary/aromatic N) is 3. The third-order valence-corrected chi connectivity index (χ3v) is 5.22. The van der Waals surface area contributed by atoms with Gasteiger partial charge in [-0.15, -0.1) is 0 Å². The zero-order chi connectivity index (χ0) is 17.4. The van der Waals surface area contributed by atoms with E-state index in [9.17, 15) is 4.79 Å². The standard InChI is InChI=1S/C20H24N4O/c1-3-19-22-17-8-4-5-9-18(17)24(19)15-7-6-10-23(13-15)20(25)16-12-21-11-14(16)2/h4-5,8-9,11-12,15,21H,3,6-7,10,13H2,1-2H3. The Hall–Kier alpha value is -2.56. The average molecular weight is 336 g/mol. The first-order valence-corrected chi connectivity index (χ1v) is 9.07. The van der Waals surface area contributed by atoms with Crippen LogP contribution >= 0.6 is 0 Å². The molecule has 0 saturated carbocycles. The number of nitrogens with one attached hydrogen (secondary N) is 1. The topological polar surface area (TPSA) is 53.9 Å². The maximum atomic E-state index is 12.9. The summed E-state index contributed by atoms with van der Waals surface area (Å²) in [6, 6.07) is 8.59. The first-order chi connectivity index (χ1) is 12.2. The van der Waals surface area contributed by atoms with E-state index < -0.39 is 0 Å². The number of rotatable bonds is 3. The molecule has 4 rings (SSSR count). The normalized spacial score (nSPS) is 18.0. The van der Waals surface area contributed by atoms with E-state index in [0.29, 0.717) is 6.04 Å². The van der Waals surface area contributed by atoms with E-state index in [4.69, 9.17) is 4.98 Å². The first kappa shape index (κ1) is 15.9. The number of aromatic amines is 1. The highest BCUT2D eigenvalue weighted by molar-refractivity contribution is 5.95. The Morgan fingerprint density at radius 1 is 1.32 bits per heavy atom. The summed E-state index contributed by atoms with van der Waals surface area (Å²) in [5.41, 5.74) is 4.02. The summed E-state index contributed by atoms with van der Waals surface area (Å²) in [6.07, 6.45) is 6.70. The van der Waals surface area contributed by atoms with Crippen LogP contribution in [0.5, 0.6) is 0 Å². The molecular formula is C20H24N4O. The molecule has 1 aliphatic rings. The summed E-state index contributed by atoms with van der Waals surface area (Å²) < 4.78 is 2.36. The van der Waals surface area contributed by atoms with E-state index in [0.717, 1.165) is 54.8 Å². The number of aryl methyl sites for hydroxylation is 2. The summed E-state index contributed by atoms with van der Waals surface area (Å²) in [4.78, 5) is 22.7. The van der Waals surface area contributed by atoms with Gasteiger partial charge in [0.1, 0.15) is 5.82 Å². The van der Waals surface area contributed by atoms with E-state index in [1.807, 2.05) is 30.3 Å². The average Bonchev–Trinajstić information content (AvgIpc) is 3.24. The van der Waals surface area contributed by atoms with Gasteiger partial charge in [0.2, 0.25) is 0 Å². The van der Waals surface area contributed by atoms with Crippen LogP contribution in [0.3, 0.4) is 0 Å². The second-order valence-electron chi connectivity index (χ2n) is 6.84. The Morgan fingerprint density at radius 2 is 2.16 bits per heavy atom. The summed E-state index contributed by atoms with van der Waals surface area (Å²) in [5.74, 6) is 1.24. The largest absolute Gasteiger partial charge is 0.367 e. The van der Waals surface area contributed by atoms with Gasteiger partial charge in [0.25, 0.3) is 5.91 Å². The van der Waals surface area contributed by atoms with Gasteiger partial charge >= 0.3 is 0 Å². The van der Waals surface area contributed by atoms with Crippen LogP contribution in [0.4, 0.5) is 0 Å². The Bertz CT molecular complexity index is 907. The van der Waals surface area contributed by atoms with E-state index in [2.05, 4.69) is 34.7 Å². The molecule has 3 aromatic rings. The van der Waals surface area contributed by atoms with E-state index >= 15 is 0 Å². The Balaban J connectivity index is 1.66. The van der Waals surface area contributed by atoms with Crippen LogP contribution in [-0.2, 0) is 6.42 Å². The van der Waals surface area contributed by atoms with Crippen molar-refractivity contribution in [1.29, 1.82) is 0 Å². The van der Waals surface area contributed by atoms with Crippen molar-refractivity contribution in [3.05, 3.63) is 53.6 Å². The molecule has 5 nitrogen and oxygen atoms in total. The quantitative estimate of drug-likeness (QED) is 0.792. The van der Waals surface area contributed by atoms with Gasteiger partial charge in [0.15, 0.2) is 0 Å². The van der Waals surface area contributed by atoms with Gasteiger partial charge in [0.05, 0.1) is 22.6 Å². The minimum absolute atomic E-state index is 0.130. The molecule has 1 N–H and O–H groups in total. The lowest BCUT2D eigenvalue weighted by Gasteiger charge is -2.34. The van der Waals surface area contributed by atoms with Crippen LogP contribution in [0.1, 0.15) is 47.6 Å². The van der Waals surface area contributed by atoms with Crippen molar-refractivity contribution in [2.45, 2.75) is 39.2 Å². The highest BCUT2D eigenvalue weighted by atomic mass is 16.2. The molecule has 0 radical (unpaired) electrons. The van der Waals surface area contributed by atoms with Gasteiger partial charge in [0, 0.05) is 31.9 Å². The molecule has 1 atom stereocenters. The molecule has 25 heavy (non-hydrogen) atoms. The highest BCUT2D eigenvalue weighted by Crippen LogP contribution is 2.29. The number of aromatic nitrogens is 3. The molecule has 1 aliphatic heterocycles. The molecule has 1 aromatic carbocycles. The lowest BCUT2D eigenvalue weighted by atomic mass is 10.0. The third-order valence-electron chi connectivity index (χ3n) is 5.22. The summed E-state index contributed by atoms with van der Waals surface area (Å²) in [5, 5.41) is 0. The molecular weight excluding hydrogens is 312 g/mol. The molecule has 1 unspecified atom stereocenters. The lowest BCUT2D eigenvalue weighted by Crippen LogP contribution is -2.41. The van der Waals surface area contributed by atoms with Crippen molar-refractivity contribution in [2.75, 3.05) is 13.1 Å². The summed E-state index contributed by atoms with van der Waals surface area (Å²) in [7, 11) is 0. The van der Waals surface area contributed by atoms with Gasteiger partial charge in [-0.2, -0.15) is 0 Å². The second kappa shape index (κ2) is 6.39. The monoisotopic (exact) mass is 336 g/mol. The molecule has 0 aliphatic carbocycles. The zero-order valence-electron chi connectivity index (χ0n) is 14.8. The number of carbonyl (C=O) groups is 1. The Labute approximate surface area is 147 Å². The number of H-pyrrole nitrogens is 1. The number of likely N-dealkylation sites (tertiary alicyclic amines) is 1. The van der Waals surface area contributed by atoms with Crippen molar-refractivity contribution in [2.24, 2.45) is 0 Å². The van der Waals surface area contributed by atoms with Gasteiger partial charge in [-0.05, 0) is 37.5 Å². The fraction of sp³-hybridized carbons (Fsp3) is 0.400. The number of imidazole rings is 1. The number of hydrogen-bond donors (Lipinski definition) is 1. The summed E-state index contributed by atoms with van der Waals surface area (Å²) >= 11 is 0. The number of para-hydroxylation sites is 2. The SMILES string of the molecule is CCc1nc2ccccc2n1C1CCCN(C(=O)c2c[nH]cc2C)C1. The number of hydrogen-bond acceptors (Lipinski definition) is 2. The molecule has 0 spiro atoms. The predicted octanol–water partition coefficient (Wildman–Crippen LogP) is 3.71. The molecule has 2 aromatic heterocycles. The second-order valence-corrected chi connectivity index (χ2v) is 6.84. The molecule has 1 saturated heterocycles. The number of piperidine rings is 1. The van der Waals surface area contributed by atoms with Crippen LogP contribution in [-0.4, -0.2) is 38.4 Å². The minimum atomic E-state index is 0.130. The van der Waals surface area contributed by atoms with E-state index in [-0.39, 0.29) is 5.91 Å². The smallest absolute Gasteiger partial charge is 0.255 e. The van der Waals surface area contributed by atoms with Crippen LogP contribution in [0.2, 0.25) is 0 Å². The van der Waals surface area contributed by atoms with Crippen molar-refractivity contribution in [3.63, 3.8) is 0 Å². The van der Waals surface area contributed by atoms with Crippen molar-refractivity contribution in [1.82, 2.24) is 19.4 Å². The van der Waals surface area contributed by atoms with Crippen molar-refractivity contribution in [3.8, 4) is 0 Å². The van der Waals surface area contributed by atoms with E-state index in [1.54, 1.807) is 0 Å². The number of benzene rings is 1. The fourth-order valence-electron chi connectivity index (χ4n) is 3.94. The predicted molar refractivity (Wildman–Crippen MR) is 98.8 cm³/mol. The van der Waals surface area contributed by atoms with Gasteiger partial charge in [-0.3, -0.25) is 4.79 Å². The third kappa shape index (κ3) is 2.73. The molecule has 0 bridgehead atoms. The van der Waals surface area contributed by atoms with Crippen LogP contribution < -0.4 is 0 Å². The van der Waals surface area contributed by atoms with Gasteiger partial charge < -0.3 is 14.5 Å². The minimum Gasteiger partial charge on any atom is -0.367 e.